The fourth-order valence-electron chi connectivity index (χ4n) is 3.66. The molecule has 10 heteroatoms. The first-order valence-corrected chi connectivity index (χ1v) is 13.2. The quantitative estimate of drug-likeness (QED) is 0.132. The van der Waals surface area contributed by atoms with Crippen LogP contribution in [0.3, 0.4) is 0 Å². The summed E-state index contributed by atoms with van der Waals surface area (Å²) in [5.74, 6) is 0.756. The van der Waals surface area contributed by atoms with E-state index in [-0.39, 0.29) is 11.4 Å². The highest BCUT2D eigenvalue weighted by Crippen LogP contribution is 2.34. The molecule has 0 saturated heterocycles. The molecule has 0 spiro atoms. The highest BCUT2D eigenvalue weighted by atomic mass is 35.5. The lowest BCUT2D eigenvalue weighted by Crippen LogP contribution is -2.28. The summed E-state index contributed by atoms with van der Waals surface area (Å²) in [4.78, 5) is 7.40. The van der Waals surface area contributed by atoms with E-state index in [1.54, 1.807) is 49.6 Å². The molecule has 39 heavy (non-hydrogen) atoms. The lowest BCUT2D eigenvalue weighted by Gasteiger charge is -2.26. The van der Waals surface area contributed by atoms with Crippen LogP contribution in [0.2, 0.25) is 10.0 Å². The number of alkyl halides is 3. The monoisotopic (exact) mass is 590 g/mol. The Kier molecular flexibility index (Phi) is 9.32. The highest BCUT2D eigenvalue weighted by molar-refractivity contribution is 8.13. The minimum atomic E-state index is -4.50. The van der Waals surface area contributed by atoms with Gasteiger partial charge in [-0.2, -0.15) is 13.2 Å². The fraction of sp³-hybridized carbons (Fsp3) is 0.138. The number of hydrogen-bond donors (Lipinski definition) is 1. The van der Waals surface area contributed by atoms with E-state index in [2.05, 4.69) is 0 Å². The molecular formula is C29H23Cl2F3N2O2S. The topological polar surface area (TPSA) is 45.1 Å². The second-order valence-corrected chi connectivity index (χ2v) is 10.3. The zero-order chi connectivity index (χ0) is 28.0. The second kappa shape index (κ2) is 12.7. The third kappa shape index (κ3) is 8.08. The van der Waals surface area contributed by atoms with Gasteiger partial charge in [-0.1, -0.05) is 65.3 Å². The third-order valence-electron chi connectivity index (χ3n) is 5.59. The van der Waals surface area contributed by atoms with E-state index in [0.29, 0.717) is 34.1 Å². The summed E-state index contributed by atoms with van der Waals surface area (Å²) < 4.78 is 45.7. The Bertz CT molecular complexity index is 1460. The van der Waals surface area contributed by atoms with Crippen LogP contribution < -0.4 is 4.74 Å². The first-order chi connectivity index (χ1) is 18.6. The number of thioether (sulfide) groups is 1. The highest BCUT2D eigenvalue weighted by Gasteiger charge is 2.30. The second-order valence-electron chi connectivity index (χ2n) is 8.49. The van der Waals surface area contributed by atoms with Crippen LogP contribution in [-0.2, 0) is 19.3 Å². The predicted octanol–water partition coefficient (Wildman–Crippen LogP) is 9.21. The molecule has 0 radical (unpaired) electrons. The van der Waals surface area contributed by atoms with Crippen LogP contribution in [0, 0.1) is 0 Å². The van der Waals surface area contributed by atoms with Gasteiger partial charge in [0.25, 0.3) is 0 Å². The number of hydrogen-bond acceptors (Lipinski definition) is 4. The summed E-state index contributed by atoms with van der Waals surface area (Å²) in [5, 5.41) is 11.0. The lowest BCUT2D eigenvalue weighted by molar-refractivity contribution is -0.137. The summed E-state index contributed by atoms with van der Waals surface area (Å²) in [6.45, 7) is 0.668. The van der Waals surface area contributed by atoms with E-state index < -0.39 is 11.7 Å². The number of phenols is 1. The molecule has 0 atom stereocenters. The zero-order valence-electron chi connectivity index (χ0n) is 20.6. The Labute approximate surface area is 238 Å². The Hall–Kier alpha value is -3.33. The van der Waals surface area contributed by atoms with E-state index >= 15 is 0 Å². The van der Waals surface area contributed by atoms with Crippen molar-refractivity contribution in [1.29, 1.82) is 0 Å². The van der Waals surface area contributed by atoms with E-state index in [9.17, 15) is 18.3 Å². The van der Waals surface area contributed by atoms with Crippen molar-refractivity contribution in [3.8, 4) is 11.5 Å². The summed E-state index contributed by atoms with van der Waals surface area (Å²) in [6.07, 6.45) is -4.50. The predicted molar refractivity (Wildman–Crippen MR) is 151 cm³/mol. The van der Waals surface area contributed by atoms with Gasteiger partial charge in [-0.15, -0.1) is 0 Å². The van der Waals surface area contributed by atoms with Crippen LogP contribution in [-0.4, -0.2) is 22.3 Å². The first-order valence-electron chi connectivity index (χ1n) is 11.7. The molecular weight excluding hydrogens is 568 g/mol. The average Bonchev–Trinajstić information content (AvgIpc) is 2.91. The number of aliphatic imine (C=N–C) groups is 1. The normalized spacial score (nSPS) is 11.9. The Morgan fingerprint density at radius 3 is 2.26 bits per heavy atom. The van der Waals surface area contributed by atoms with E-state index in [4.69, 9.17) is 32.9 Å². The van der Waals surface area contributed by atoms with Gasteiger partial charge in [0.1, 0.15) is 11.5 Å². The summed E-state index contributed by atoms with van der Waals surface area (Å²) in [5.41, 5.74) is 1.05. The number of ether oxygens (including phenoxy) is 1. The van der Waals surface area contributed by atoms with E-state index in [0.717, 1.165) is 28.2 Å². The number of amidine groups is 1. The lowest BCUT2D eigenvalue weighted by atomic mass is 10.1. The Balaban J connectivity index is 1.81. The van der Waals surface area contributed by atoms with Gasteiger partial charge in [0, 0.05) is 18.0 Å². The van der Waals surface area contributed by atoms with Gasteiger partial charge >= 0.3 is 6.18 Å². The minimum Gasteiger partial charge on any atom is -0.508 e. The van der Waals surface area contributed by atoms with Crippen LogP contribution >= 0.6 is 35.0 Å². The number of phenolic OH excluding ortho intramolecular Hbond substituents is 1. The number of aromatic hydroxyl groups is 1. The van der Waals surface area contributed by atoms with Gasteiger partial charge in [-0.05, 0) is 71.8 Å². The van der Waals surface area contributed by atoms with Crippen molar-refractivity contribution in [3.05, 3.63) is 118 Å². The van der Waals surface area contributed by atoms with Gasteiger partial charge < -0.3 is 14.7 Å². The van der Waals surface area contributed by atoms with Crippen molar-refractivity contribution >= 4 is 45.8 Å². The molecule has 0 bridgehead atoms. The molecule has 4 aromatic carbocycles. The van der Waals surface area contributed by atoms with Gasteiger partial charge in [0.2, 0.25) is 0 Å². The molecule has 4 nitrogen and oxygen atoms in total. The molecule has 202 valence electrons. The van der Waals surface area contributed by atoms with Crippen LogP contribution in [0.15, 0.2) is 101 Å². The smallest absolute Gasteiger partial charge is 0.416 e. The molecule has 0 aliphatic carbocycles. The van der Waals surface area contributed by atoms with Crippen LogP contribution in [0.1, 0.15) is 16.7 Å². The molecule has 0 amide bonds. The van der Waals surface area contributed by atoms with Crippen molar-refractivity contribution in [3.63, 3.8) is 0 Å². The van der Waals surface area contributed by atoms with Crippen molar-refractivity contribution < 1.29 is 23.0 Å². The molecule has 4 rings (SSSR count). The van der Waals surface area contributed by atoms with Crippen LogP contribution in [0.4, 0.5) is 18.9 Å². The van der Waals surface area contributed by atoms with Gasteiger partial charge in [-0.25, -0.2) is 4.99 Å². The summed E-state index contributed by atoms with van der Waals surface area (Å²) in [6, 6.07) is 24.2. The van der Waals surface area contributed by atoms with Crippen molar-refractivity contribution in [1.82, 2.24) is 4.90 Å². The maximum Gasteiger partial charge on any atom is 0.416 e. The van der Waals surface area contributed by atoms with Crippen molar-refractivity contribution in [2.45, 2.75) is 24.2 Å². The number of methoxy groups -OCH3 is 1. The van der Waals surface area contributed by atoms with Gasteiger partial charge in [-0.3, -0.25) is 0 Å². The minimum absolute atomic E-state index is 0.124. The first kappa shape index (κ1) is 28.7. The van der Waals surface area contributed by atoms with E-state index in [1.165, 1.54) is 23.9 Å². The maximum atomic E-state index is 13.5. The Morgan fingerprint density at radius 1 is 0.872 bits per heavy atom. The molecule has 1 N–H and O–H groups in total. The largest absolute Gasteiger partial charge is 0.508 e. The van der Waals surface area contributed by atoms with Crippen molar-refractivity contribution in [2.24, 2.45) is 4.99 Å². The Morgan fingerprint density at radius 2 is 1.56 bits per heavy atom. The van der Waals surface area contributed by atoms with Crippen molar-refractivity contribution in [2.75, 3.05) is 7.11 Å². The number of nitrogens with zero attached hydrogens (tertiary/aromatic N) is 2. The van der Waals surface area contributed by atoms with Crippen LogP contribution in [0.5, 0.6) is 11.5 Å². The SMILES string of the molecule is COc1cccc(SC(=Nc2cccc(C(F)(F)F)c2)N(Cc2ccc(O)cc2)Cc2ccc(Cl)c(Cl)c2)c1. The number of benzene rings is 4. The molecule has 0 aliphatic heterocycles. The summed E-state index contributed by atoms with van der Waals surface area (Å²) in [7, 11) is 1.56. The molecule has 0 aliphatic rings. The summed E-state index contributed by atoms with van der Waals surface area (Å²) >= 11 is 13.7. The fourth-order valence-corrected chi connectivity index (χ4v) is 4.92. The van der Waals surface area contributed by atoms with Gasteiger partial charge in [0.15, 0.2) is 5.17 Å². The molecule has 0 saturated carbocycles. The molecule has 0 aromatic heterocycles. The molecule has 0 unspecified atom stereocenters. The zero-order valence-corrected chi connectivity index (χ0v) is 23.0. The van der Waals surface area contributed by atoms with E-state index in [1.807, 2.05) is 29.2 Å². The molecule has 0 fully saturated rings. The third-order valence-corrected chi connectivity index (χ3v) is 7.35. The average molecular weight is 591 g/mol. The maximum absolute atomic E-state index is 13.5. The van der Waals surface area contributed by atoms with Crippen LogP contribution in [0.25, 0.3) is 0 Å². The number of halogens is 5. The molecule has 0 heterocycles. The standard InChI is InChI=1S/C29H23Cl2F3N2O2S/c1-38-24-6-3-7-25(16-24)39-28(35-22-5-2-4-21(15-22)29(32,33)34)36(17-19-8-11-23(37)12-9-19)18-20-10-13-26(30)27(31)14-20/h2-16,37H,17-18H2,1H3. The molecule has 4 aromatic rings. The number of rotatable bonds is 7. The van der Waals surface area contributed by atoms with Gasteiger partial charge in [0.05, 0.1) is 28.4 Å².